The lowest BCUT2D eigenvalue weighted by molar-refractivity contribution is 0.108. The highest BCUT2D eigenvalue weighted by Gasteiger charge is 2.33. The van der Waals surface area contributed by atoms with E-state index in [0.29, 0.717) is 6.04 Å². The molecule has 19 heavy (non-hydrogen) atoms. The topological polar surface area (TPSA) is 33.1 Å². The van der Waals surface area contributed by atoms with Gasteiger partial charge < -0.3 is 14.8 Å². The van der Waals surface area contributed by atoms with Crippen molar-refractivity contribution >= 4 is 0 Å². The Labute approximate surface area is 118 Å². The van der Waals surface area contributed by atoms with Gasteiger partial charge in [-0.1, -0.05) is 13.8 Å². The van der Waals surface area contributed by atoms with Crippen molar-refractivity contribution in [3.63, 3.8) is 0 Å². The monoisotopic (exact) mass is 266 g/mol. The van der Waals surface area contributed by atoms with Crippen LogP contribution < -0.4 is 5.32 Å². The molecule has 0 bridgehead atoms. The Morgan fingerprint density at radius 1 is 1.42 bits per heavy atom. The minimum atomic E-state index is 0.182. The third kappa shape index (κ3) is 3.80. The van der Waals surface area contributed by atoms with Gasteiger partial charge in [0.05, 0.1) is 0 Å². The number of rotatable bonds is 8. The molecule has 2 atom stereocenters. The van der Waals surface area contributed by atoms with Crippen LogP contribution in [0.1, 0.15) is 39.4 Å². The molecular formula is C15H30N4. The number of imidazole rings is 1. The molecule has 0 aliphatic rings. The van der Waals surface area contributed by atoms with E-state index in [-0.39, 0.29) is 5.54 Å². The van der Waals surface area contributed by atoms with E-state index < -0.39 is 0 Å². The van der Waals surface area contributed by atoms with Gasteiger partial charge in [-0.25, -0.2) is 4.98 Å². The van der Waals surface area contributed by atoms with E-state index in [1.807, 2.05) is 12.4 Å². The zero-order chi connectivity index (χ0) is 14.5. The van der Waals surface area contributed by atoms with E-state index in [4.69, 9.17) is 0 Å². The molecule has 1 aromatic heterocycles. The number of nitrogens with zero attached hydrogens (tertiary/aromatic N) is 3. The Morgan fingerprint density at radius 2 is 2.11 bits per heavy atom. The number of aryl methyl sites for hydroxylation is 2. The Hall–Kier alpha value is -0.870. The molecule has 0 aliphatic carbocycles. The average molecular weight is 266 g/mol. The first-order valence-corrected chi connectivity index (χ1v) is 7.32. The predicted octanol–water partition coefficient (Wildman–Crippen LogP) is 2.06. The molecule has 1 heterocycles. The Bertz CT molecular complexity index is 372. The predicted molar refractivity (Wildman–Crippen MR) is 81.4 cm³/mol. The van der Waals surface area contributed by atoms with Crippen LogP contribution in [0.25, 0.3) is 0 Å². The molecule has 1 rings (SSSR count). The summed E-state index contributed by atoms with van der Waals surface area (Å²) < 4.78 is 2.11. The summed E-state index contributed by atoms with van der Waals surface area (Å²) in [7, 11) is 6.42. The molecule has 0 saturated carbocycles. The fourth-order valence-electron chi connectivity index (χ4n) is 2.66. The van der Waals surface area contributed by atoms with Gasteiger partial charge in [0.1, 0.15) is 5.82 Å². The third-order valence-corrected chi connectivity index (χ3v) is 4.52. The third-order valence-electron chi connectivity index (χ3n) is 4.52. The number of nitrogens with one attached hydrogen (secondary N) is 1. The molecule has 0 spiro atoms. The lowest BCUT2D eigenvalue weighted by Gasteiger charge is -2.43. The maximum atomic E-state index is 4.42. The van der Waals surface area contributed by atoms with Crippen LogP contribution in [0.3, 0.4) is 0 Å². The maximum Gasteiger partial charge on any atom is 0.108 e. The number of hydrogen-bond acceptors (Lipinski definition) is 3. The van der Waals surface area contributed by atoms with Crippen molar-refractivity contribution in [1.82, 2.24) is 19.8 Å². The first kappa shape index (κ1) is 16.2. The van der Waals surface area contributed by atoms with Gasteiger partial charge in [0.2, 0.25) is 0 Å². The highest BCUT2D eigenvalue weighted by atomic mass is 15.2. The molecule has 4 heteroatoms. The zero-order valence-electron chi connectivity index (χ0n) is 13.4. The Morgan fingerprint density at radius 3 is 2.53 bits per heavy atom. The van der Waals surface area contributed by atoms with Crippen LogP contribution in [-0.2, 0) is 13.5 Å². The summed E-state index contributed by atoms with van der Waals surface area (Å²) in [5, 5.41) is 3.66. The summed E-state index contributed by atoms with van der Waals surface area (Å²) in [6.07, 6.45) is 7.16. The summed E-state index contributed by atoms with van der Waals surface area (Å²) in [5.41, 5.74) is 0.182. The SMILES string of the molecule is CCNC(CCc1nccn1C)C(C)(CC)N(C)C. The van der Waals surface area contributed by atoms with Gasteiger partial charge in [-0.15, -0.1) is 0 Å². The minimum absolute atomic E-state index is 0.182. The first-order valence-electron chi connectivity index (χ1n) is 7.32. The minimum Gasteiger partial charge on any atom is -0.338 e. The van der Waals surface area contributed by atoms with Crippen molar-refractivity contribution < 1.29 is 0 Å². The van der Waals surface area contributed by atoms with Crippen LogP contribution in [0.2, 0.25) is 0 Å². The van der Waals surface area contributed by atoms with E-state index in [1.165, 1.54) is 5.82 Å². The molecule has 1 aromatic rings. The van der Waals surface area contributed by atoms with E-state index in [1.54, 1.807) is 0 Å². The van der Waals surface area contributed by atoms with Gasteiger partial charge in [0, 0.05) is 37.4 Å². The van der Waals surface area contributed by atoms with E-state index in [0.717, 1.165) is 25.8 Å². The second-order valence-corrected chi connectivity index (χ2v) is 5.71. The van der Waals surface area contributed by atoms with Crippen molar-refractivity contribution in [2.75, 3.05) is 20.6 Å². The lowest BCUT2D eigenvalue weighted by Crippen LogP contribution is -2.57. The smallest absolute Gasteiger partial charge is 0.108 e. The van der Waals surface area contributed by atoms with Crippen molar-refractivity contribution in [3.8, 4) is 0 Å². The first-order chi connectivity index (χ1) is 8.95. The van der Waals surface area contributed by atoms with Crippen LogP contribution >= 0.6 is 0 Å². The maximum absolute atomic E-state index is 4.42. The zero-order valence-corrected chi connectivity index (χ0v) is 13.4. The fraction of sp³-hybridized carbons (Fsp3) is 0.800. The molecule has 0 saturated heterocycles. The highest BCUT2D eigenvalue weighted by Crippen LogP contribution is 2.24. The fourth-order valence-corrected chi connectivity index (χ4v) is 2.66. The number of likely N-dealkylation sites (N-methyl/N-ethyl adjacent to an activating group) is 2. The van der Waals surface area contributed by atoms with Gasteiger partial charge in [0.25, 0.3) is 0 Å². The lowest BCUT2D eigenvalue weighted by atomic mass is 9.85. The normalized spacial score (nSPS) is 16.6. The van der Waals surface area contributed by atoms with Crippen LogP contribution in [0, 0.1) is 0 Å². The van der Waals surface area contributed by atoms with Gasteiger partial charge in [0.15, 0.2) is 0 Å². The van der Waals surface area contributed by atoms with Crippen LogP contribution in [-0.4, -0.2) is 46.7 Å². The molecular weight excluding hydrogens is 236 g/mol. The number of hydrogen-bond donors (Lipinski definition) is 1. The second kappa shape index (κ2) is 7.06. The van der Waals surface area contributed by atoms with Crippen molar-refractivity contribution in [3.05, 3.63) is 18.2 Å². The largest absolute Gasteiger partial charge is 0.338 e. The Kier molecular flexibility index (Phi) is 6.01. The van der Waals surface area contributed by atoms with Gasteiger partial charge in [-0.2, -0.15) is 0 Å². The standard InChI is InChI=1S/C15H30N4/c1-7-15(3,18(4)5)13(16-8-2)9-10-14-17-11-12-19(14)6/h11-13,16H,7-10H2,1-6H3. The summed E-state index contributed by atoms with van der Waals surface area (Å²) in [4.78, 5) is 6.77. The molecule has 110 valence electrons. The molecule has 0 aromatic carbocycles. The molecule has 4 nitrogen and oxygen atoms in total. The van der Waals surface area contributed by atoms with Gasteiger partial charge in [-0.3, -0.25) is 0 Å². The Balaban J connectivity index is 2.74. The molecule has 0 radical (unpaired) electrons. The van der Waals surface area contributed by atoms with E-state index in [9.17, 15) is 0 Å². The molecule has 0 amide bonds. The average Bonchev–Trinajstić information content (AvgIpc) is 2.79. The molecule has 1 N–H and O–H groups in total. The van der Waals surface area contributed by atoms with E-state index in [2.05, 4.69) is 61.7 Å². The summed E-state index contributed by atoms with van der Waals surface area (Å²) in [6.45, 7) is 7.80. The molecule has 2 unspecified atom stereocenters. The summed E-state index contributed by atoms with van der Waals surface area (Å²) in [6, 6.07) is 0.481. The van der Waals surface area contributed by atoms with Crippen LogP contribution in [0.4, 0.5) is 0 Å². The molecule has 0 aliphatic heterocycles. The van der Waals surface area contributed by atoms with Crippen LogP contribution in [0.15, 0.2) is 12.4 Å². The van der Waals surface area contributed by atoms with Crippen LogP contribution in [0.5, 0.6) is 0 Å². The second-order valence-electron chi connectivity index (χ2n) is 5.71. The highest BCUT2D eigenvalue weighted by molar-refractivity contribution is 4.98. The van der Waals surface area contributed by atoms with Crippen molar-refractivity contribution in [2.24, 2.45) is 7.05 Å². The van der Waals surface area contributed by atoms with Crippen molar-refractivity contribution in [1.29, 1.82) is 0 Å². The number of aromatic nitrogens is 2. The molecule has 0 fully saturated rings. The van der Waals surface area contributed by atoms with E-state index >= 15 is 0 Å². The summed E-state index contributed by atoms with van der Waals surface area (Å²) >= 11 is 0. The van der Waals surface area contributed by atoms with Crippen molar-refractivity contribution in [2.45, 2.75) is 51.6 Å². The van der Waals surface area contributed by atoms with Gasteiger partial charge >= 0.3 is 0 Å². The quantitative estimate of drug-likeness (QED) is 0.782. The summed E-state index contributed by atoms with van der Waals surface area (Å²) in [5.74, 6) is 1.17. The van der Waals surface area contributed by atoms with Gasteiger partial charge in [-0.05, 0) is 40.4 Å².